The average molecular weight is 397 g/mol. The number of likely N-dealkylation sites (tertiary alicyclic amines) is 2. The molecule has 2 fully saturated rings. The molecule has 2 aromatic heterocycles. The highest BCUT2D eigenvalue weighted by Gasteiger charge is 2.26. The molecule has 0 radical (unpaired) electrons. The van der Waals surface area contributed by atoms with Crippen LogP contribution in [0.25, 0.3) is 5.52 Å². The van der Waals surface area contributed by atoms with Crippen LogP contribution in [0.2, 0.25) is 0 Å². The van der Waals surface area contributed by atoms with E-state index in [-0.39, 0.29) is 11.8 Å². The molecule has 2 amide bonds. The summed E-state index contributed by atoms with van der Waals surface area (Å²) >= 11 is 0. The summed E-state index contributed by atoms with van der Waals surface area (Å²) in [6, 6.07) is 4.26. The largest absolute Gasteiger partial charge is 0.343 e. The summed E-state index contributed by atoms with van der Waals surface area (Å²) in [6.45, 7) is 7.51. The van der Waals surface area contributed by atoms with E-state index >= 15 is 0 Å². The predicted octanol–water partition coefficient (Wildman–Crippen LogP) is 3.71. The van der Waals surface area contributed by atoms with Crippen molar-refractivity contribution in [2.75, 3.05) is 26.2 Å². The summed E-state index contributed by atoms with van der Waals surface area (Å²) in [5.41, 5.74) is 2.86. The fraction of sp³-hybridized carbons (Fsp3) is 0.609. The molecule has 0 spiro atoms. The second-order valence-electron chi connectivity index (χ2n) is 8.95. The molecule has 4 heterocycles. The zero-order valence-electron chi connectivity index (χ0n) is 17.6. The first kappa shape index (κ1) is 19.9. The van der Waals surface area contributed by atoms with E-state index in [0.717, 1.165) is 57.4 Å². The van der Waals surface area contributed by atoms with Crippen LogP contribution in [0.5, 0.6) is 0 Å². The fourth-order valence-corrected chi connectivity index (χ4v) is 4.62. The molecule has 2 aromatic rings. The predicted molar refractivity (Wildman–Crippen MR) is 113 cm³/mol. The minimum Gasteiger partial charge on any atom is -0.343 e. The molecule has 0 aliphatic carbocycles. The molecule has 4 rings (SSSR count). The van der Waals surface area contributed by atoms with Crippen molar-refractivity contribution in [3.05, 3.63) is 35.7 Å². The van der Waals surface area contributed by atoms with Crippen LogP contribution in [0.4, 0.5) is 0 Å². The Hall–Kier alpha value is -2.37. The molecule has 2 aliphatic rings. The van der Waals surface area contributed by atoms with Gasteiger partial charge in [0.1, 0.15) is 0 Å². The highest BCUT2D eigenvalue weighted by molar-refractivity contribution is 6.00. The number of aromatic nitrogens is 2. The summed E-state index contributed by atoms with van der Waals surface area (Å²) in [4.78, 5) is 29.3. The van der Waals surface area contributed by atoms with Crippen molar-refractivity contribution in [1.29, 1.82) is 0 Å². The molecule has 6 heteroatoms. The minimum atomic E-state index is 0.103. The monoisotopic (exact) mass is 396 g/mol. The number of hydrogen-bond donors (Lipinski definition) is 0. The third-order valence-electron chi connectivity index (χ3n) is 6.32. The Labute approximate surface area is 172 Å². The molecular formula is C23H32N4O2. The maximum absolute atomic E-state index is 13.0. The van der Waals surface area contributed by atoms with Gasteiger partial charge in [0.15, 0.2) is 0 Å². The van der Waals surface area contributed by atoms with Crippen molar-refractivity contribution in [2.24, 2.45) is 5.92 Å². The number of amides is 2. The Bertz CT molecular complexity index is 874. The van der Waals surface area contributed by atoms with Gasteiger partial charge < -0.3 is 9.80 Å². The molecule has 6 nitrogen and oxygen atoms in total. The van der Waals surface area contributed by atoms with Gasteiger partial charge in [-0.05, 0) is 61.6 Å². The summed E-state index contributed by atoms with van der Waals surface area (Å²) in [7, 11) is 0. The molecule has 2 saturated heterocycles. The normalized spacial score (nSPS) is 18.6. The van der Waals surface area contributed by atoms with Crippen molar-refractivity contribution in [2.45, 2.75) is 58.3 Å². The van der Waals surface area contributed by atoms with E-state index in [1.807, 2.05) is 20.5 Å². The zero-order chi connectivity index (χ0) is 20.4. The Balaban J connectivity index is 1.48. The maximum atomic E-state index is 13.0. The molecule has 2 aliphatic heterocycles. The topological polar surface area (TPSA) is 57.9 Å². The van der Waals surface area contributed by atoms with Crippen LogP contribution in [0.3, 0.4) is 0 Å². The van der Waals surface area contributed by atoms with E-state index < -0.39 is 0 Å². The molecule has 0 aromatic carbocycles. The first-order chi connectivity index (χ1) is 14.0. The van der Waals surface area contributed by atoms with Crippen molar-refractivity contribution >= 4 is 17.3 Å². The number of pyridine rings is 1. The van der Waals surface area contributed by atoms with E-state index in [1.54, 1.807) is 6.20 Å². The van der Waals surface area contributed by atoms with E-state index in [0.29, 0.717) is 23.8 Å². The molecule has 156 valence electrons. The zero-order valence-corrected chi connectivity index (χ0v) is 17.6. The van der Waals surface area contributed by atoms with Crippen molar-refractivity contribution in [1.82, 2.24) is 19.4 Å². The second kappa shape index (κ2) is 8.56. The molecular weight excluding hydrogens is 364 g/mol. The van der Waals surface area contributed by atoms with Crippen LogP contribution in [0.15, 0.2) is 24.5 Å². The highest BCUT2D eigenvalue weighted by atomic mass is 16.2. The lowest BCUT2D eigenvalue weighted by Gasteiger charge is -2.32. The minimum absolute atomic E-state index is 0.103. The van der Waals surface area contributed by atoms with E-state index in [9.17, 15) is 9.59 Å². The molecule has 0 unspecified atom stereocenters. The van der Waals surface area contributed by atoms with Crippen LogP contribution in [-0.4, -0.2) is 57.4 Å². The van der Waals surface area contributed by atoms with E-state index in [2.05, 4.69) is 31.1 Å². The fourth-order valence-electron chi connectivity index (χ4n) is 4.62. The number of carbonyl (C=O) groups excluding carboxylic acids is 2. The van der Waals surface area contributed by atoms with E-state index in [1.165, 1.54) is 12.0 Å². The number of hydrogen-bond acceptors (Lipinski definition) is 3. The number of carbonyl (C=O) groups is 2. The van der Waals surface area contributed by atoms with Crippen LogP contribution in [-0.2, 0) is 4.79 Å². The van der Waals surface area contributed by atoms with Crippen molar-refractivity contribution in [3.63, 3.8) is 0 Å². The van der Waals surface area contributed by atoms with Gasteiger partial charge in [0.05, 0.1) is 17.3 Å². The Morgan fingerprint density at radius 3 is 2.48 bits per heavy atom. The van der Waals surface area contributed by atoms with Gasteiger partial charge in [-0.3, -0.25) is 9.59 Å². The second-order valence-corrected chi connectivity index (χ2v) is 8.95. The van der Waals surface area contributed by atoms with Crippen LogP contribution >= 0.6 is 0 Å². The molecule has 29 heavy (non-hydrogen) atoms. The van der Waals surface area contributed by atoms with E-state index in [4.69, 9.17) is 0 Å². The highest BCUT2D eigenvalue weighted by Crippen LogP contribution is 2.30. The Morgan fingerprint density at radius 2 is 1.79 bits per heavy atom. The average Bonchev–Trinajstić information content (AvgIpc) is 3.16. The smallest absolute Gasteiger partial charge is 0.257 e. The van der Waals surface area contributed by atoms with Gasteiger partial charge in [-0.2, -0.15) is 5.10 Å². The van der Waals surface area contributed by atoms with Crippen LogP contribution in [0.1, 0.15) is 74.2 Å². The Kier molecular flexibility index (Phi) is 5.88. The van der Waals surface area contributed by atoms with Gasteiger partial charge in [-0.25, -0.2) is 4.52 Å². The lowest BCUT2D eigenvalue weighted by Crippen LogP contribution is -2.38. The first-order valence-corrected chi connectivity index (χ1v) is 11.1. The van der Waals surface area contributed by atoms with Crippen molar-refractivity contribution in [3.8, 4) is 0 Å². The standard InChI is InChI=1S/C23H32N4O2/c1-17(2)14-22(28)25-11-6-18(7-12-25)19-8-13-27-21(15-19)20(16-24-27)23(29)26-9-4-3-5-10-26/h8,13,15-18H,3-7,9-12,14H2,1-2H3. The Morgan fingerprint density at radius 1 is 1.07 bits per heavy atom. The number of rotatable bonds is 4. The van der Waals surface area contributed by atoms with Gasteiger partial charge in [0.2, 0.25) is 5.91 Å². The summed E-state index contributed by atoms with van der Waals surface area (Å²) < 4.78 is 1.81. The van der Waals surface area contributed by atoms with Gasteiger partial charge >= 0.3 is 0 Å². The molecule has 0 atom stereocenters. The first-order valence-electron chi connectivity index (χ1n) is 11.1. The van der Waals surface area contributed by atoms with Crippen molar-refractivity contribution < 1.29 is 9.59 Å². The number of fused-ring (bicyclic) bond motifs is 1. The molecule has 0 N–H and O–H groups in total. The van der Waals surface area contributed by atoms with Gasteiger partial charge in [0.25, 0.3) is 5.91 Å². The summed E-state index contributed by atoms with van der Waals surface area (Å²) in [6.07, 6.45) is 9.65. The quantitative estimate of drug-likeness (QED) is 0.792. The molecule has 0 saturated carbocycles. The van der Waals surface area contributed by atoms with Crippen LogP contribution < -0.4 is 0 Å². The lowest BCUT2D eigenvalue weighted by atomic mass is 9.89. The van der Waals surface area contributed by atoms with Gasteiger partial charge in [0, 0.05) is 38.8 Å². The molecule has 0 bridgehead atoms. The third-order valence-corrected chi connectivity index (χ3v) is 6.32. The van der Waals surface area contributed by atoms with Gasteiger partial charge in [-0.1, -0.05) is 13.8 Å². The number of nitrogens with zero attached hydrogens (tertiary/aromatic N) is 4. The van der Waals surface area contributed by atoms with Crippen LogP contribution in [0, 0.1) is 5.92 Å². The summed E-state index contributed by atoms with van der Waals surface area (Å²) in [5.74, 6) is 1.21. The summed E-state index contributed by atoms with van der Waals surface area (Å²) in [5, 5.41) is 4.40. The lowest BCUT2D eigenvalue weighted by molar-refractivity contribution is -0.133. The van der Waals surface area contributed by atoms with Gasteiger partial charge in [-0.15, -0.1) is 0 Å². The SMILES string of the molecule is CC(C)CC(=O)N1CCC(c2ccn3ncc(C(=O)N4CCCCC4)c3c2)CC1. The number of piperidine rings is 2. The third kappa shape index (κ3) is 4.31. The maximum Gasteiger partial charge on any atom is 0.257 e.